The van der Waals surface area contributed by atoms with Crippen molar-refractivity contribution in [2.75, 3.05) is 5.73 Å². The number of thiophene rings is 1. The van der Waals surface area contributed by atoms with E-state index in [1.807, 2.05) is 0 Å². The molecule has 4 heteroatoms. The lowest BCUT2D eigenvalue weighted by Gasteiger charge is -1.94. The van der Waals surface area contributed by atoms with Gasteiger partial charge in [-0.05, 0) is 18.2 Å². The molecular weight excluding hydrogens is 193 g/mol. The number of rotatable bonds is 0. The number of hydrogen-bond donors (Lipinski definition) is 2. The van der Waals surface area contributed by atoms with Crippen LogP contribution in [0.4, 0.5) is 10.1 Å². The molecule has 0 radical (unpaired) electrons. The first-order chi connectivity index (χ1) is 5.66. The van der Waals surface area contributed by atoms with Gasteiger partial charge in [0.15, 0.2) is 0 Å². The number of benzene rings is 1. The molecule has 1 aromatic heterocycles. The standard InChI is InChI=1S/C8H6FNS2/c9-6-1-4(10)2-7-5(6)3-8(11)12-7/h1-3,11H,10H2. The molecule has 0 bridgehead atoms. The van der Waals surface area contributed by atoms with Crippen LogP contribution in [-0.4, -0.2) is 0 Å². The molecule has 0 aliphatic rings. The van der Waals surface area contributed by atoms with Gasteiger partial charge in [-0.3, -0.25) is 0 Å². The molecule has 2 N–H and O–H groups in total. The van der Waals surface area contributed by atoms with E-state index in [0.717, 1.165) is 8.91 Å². The van der Waals surface area contributed by atoms with Crippen LogP contribution in [0.25, 0.3) is 10.1 Å². The van der Waals surface area contributed by atoms with Crippen LogP contribution in [0.3, 0.4) is 0 Å². The van der Waals surface area contributed by atoms with E-state index in [2.05, 4.69) is 12.6 Å². The zero-order valence-electron chi connectivity index (χ0n) is 6.04. The average Bonchev–Trinajstić information content (AvgIpc) is 2.29. The van der Waals surface area contributed by atoms with Crippen LogP contribution >= 0.6 is 24.0 Å². The second kappa shape index (κ2) is 2.64. The van der Waals surface area contributed by atoms with Gasteiger partial charge >= 0.3 is 0 Å². The fourth-order valence-corrected chi connectivity index (χ4v) is 2.39. The normalized spacial score (nSPS) is 10.8. The fraction of sp³-hybridized carbons (Fsp3) is 0. The number of hydrogen-bond acceptors (Lipinski definition) is 3. The molecule has 0 spiro atoms. The summed E-state index contributed by atoms with van der Waals surface area (Å²) in [5.41, 5.74) is 5.93. The van der Waals surface area contributed by atoms with E-state index in [0.29, 0.717) is 11.1 Å². The lowest BCUT2D eigenvalue weighted by molar-refractivity contribution is 0.640. The maximum atomic E-state index is 13.2. The highest BCUT2D eigenvalue weighted by molar-refractivity contribution is 7.83. The molecule has 0 aliphatic heterocycles. The predicted octanol–water partition coefficient (Wildman–Crippen LogP) is 2.91. The van der Waals surface area contributed by atoms with Gasteiger partial charge in [0.25, 0.3) is 0 Å². The van der Waals surface area contributed by atoms with Crippen molar-refractivity contribution in [1.82, 2.24) is 0 Å². The van der Waals surface area contributed by atoms with Crippen molar-refractivity contribution < 1.29 is 4.39 Å². The summed E-state index contributed by atoms with van der Waals surface area (Å²) in [6, 6.07) is 4.78. The number of nitrogen functional groups attached to an aromatic ring is 1. The van der Waals surface area contributed by atoms with Crippen LogP contribution in [0, 0.1) is 5.82 Å². The van der Waals surface area contributed by atoms with Crippen molar-refractivity contribution >= 4 is 39.7 Å². The van der Waals surface area contributed by atoms with Crippen LogP contribution in [0.1, 0.15) is 0 Å². The van der Waals surface area contributed by atoms with Gasteiger partial charge in [-0.1, -0.05) is 0 Å². The number of fused-ring (bicyclic) bond motifs is 1. The summed E-state index contributed by atoms with van der Waals surface area (Å²) in [6.07, 6.45) is 0. The third-order valence-electron chi connectivity index (χ3n) is 1.60. The van der Waals surface area contributed by atoms with Crippen LogP contribution in [0.15, 0.2) is 22.4 Å². The summed E-state index contributed by atoms with van der Waals surface area (Å²) in [5.74, 6) is -0.276. The molecule has 0 unspecified atom stereocenters. The van der Waals surface area contributed by atoms with Gasteiger partial charge in [0.05, 0.1) is 4.21 Å². The van der Waals surface area contributed by atoms with Crippen molar-refractivity contribution in [2.45, 2.75) is 4.21 Å². The van der Waals surface area contributed by atoms with Gasteiger partial charge in [0.2, 0.25) is 0 Å². The Morgan fingerprint density at radius 3 is 2.83 bits per heavy atom. The van der Waals surface area contributed by atoms with Crippen LogP contribution < -0.4 is 5.73 Å². The third-order valence-corrected chi connectivity index (χ3v) is 2.88. The molecule has 12 heavy (non-hydrogen) atoms. The van der Waals surface area contributed by atoms with Gasteiger partial charge in [-0.2, -0.15) is 0 Å². The Morgan fingerprint density at radius 2 is 2.08 bits per heavy atom. The Hall–Kier alpha value is -0.740. The lowest BCUT2D eigenvalue weighted by Crippen LogP contribution is -1.85. The molecule has 0 amide bonds. The average molecular weight is 199 g/mol. The van der Waals surface area contributed by atoms with E-state index in [4.69, 9.17) is 5.73 Å². The number of thiol groups is 1. The maximum Gasteiger partial charge on any atom is 0.133 e. The topological polar surface area (TPSA) is 26.0 Å². The highest BCUT2D eigenvalue weighted by atomic mass is 32.2. The van der Waals surface area contributed by atoms with E-state index in [1.54, 1.807) is 12.1 Å². The third kappa shape index (κ3) is 1.17. The Morgan fingerprint density at radius 1 is 1.33 bits per heavy atom. The Kier molecular flexibility index (Phi) is 1.73. The summed E-state index contributed by atoms with van der Waals surface area (Å²) >= 11 is 5.56. The second-order valence-corrected chi connectivity index (χ2v) is 4.37. The SMILES string of the molecule is Nc1cc(F)c2cc(S)sc2c1. The largest absolute Gasteiger partial charge is 0.399 e. The predicted molar refractivity (Wildman–Crippen MR) is 53.4 cm³/mol. The number of anilines is 1. The van der Waals surface area contributed by atoms with Crippen LogP contribution in [0.5, 0.6) is 0 Å². The molecule has 1 heterocycles. The van der Waals surface area contributed by atoms with E-state index >= 15 is 0 Å². The van der Waals surface area contributed by atoms with E-state index in [1.165, 1.54) is 17.4 Å². The summed E-state index contributed by atoms with van der Waals surface area (Å²) < 4.78 is 14.8. The highest BCUT2D eigenvalue weighted by Crippen LogP contribution is 2.31. The molecule has 2 aromatic rings. The van der Waals surface area contributed by atoms with E-state index in [-0.39, 0.29) is 5.82 Å². The van der Waals surface area contributed by atoms with Crippen molar-refractivity contribution in [3.8, 4) is 0 Å². The Labute approximate surface area is 78.4 Å². The Bertz CT molecular complexity index is 436. The first kappa shape index (κ1) is 7.89. The van der Waals surface area contributed by atoms with Crippen molar-refractivity contribution in [3.63, 3.8) is 0 Å². The van der Waals surface area contributed by atoms with Gasteiger partial charge in [0, 0.05) is 15.8 Å². The van der Waals surface area contributed by atoms with E-state index < -0.39 is 0 Å². The molecule has 0 saturated carbocycles. The molecule has 0 fully saturated rings. The summed E-state index contributed by atoms with van der Waals surface area (Å²) in [6.45, 7) is 0. The molecule has 0 aliphatic carbocycles. The van der Waals surface area contributed by atoms with Crippen molar-refractivity contribution in [2.24, 2.45) is 0 Å². The molecule has 0 saturated heterocycles. The molecule has 1 aromatic carbocycles. The van der Waals surface area contributed by atoms with E-state index in [9.17, 15) is 4.39 Å². The van der Waals surface area contributed by atoms with Crippen LogP contribution in [-0.2, 0) is 0 Å². The smallest absolute Gasteiger partial charge is 0.133 e. The van der Waals surface area contributed by atoms with Gasteiger partial charge < -0.3 is 5.73 Å². The summed E-state index contributed by atoms with van der Waals surface area (Å²) in [7, 11) is 0. The zero-order chi connectivity index (χ0) is 8.72. The summed E-state index contributed by atoms with van der Waals surface area (Å²) in [5, 5.41) is 0.596. The van der Waals surface area contributed by atoms with Crippen molar-refractivity contribution in [3.05, 3.63) is 24.0 Å². The van der Waals surface area contributed by atoms with Gasteiger partial charge in [0.1, 0.15) is 5.82 Å². The monoisotopic (exact) mass is 199 g/mol. The molecular formula is C8H6FNS2. The number of halogens is 1. The molecule has 1 nitrogen and oxygen atoms in total. The van der Waals surface area contributed by atoms with Gasteiger partial charge in [-0.15, -0.1) is 24.0 Å². The lowest BCUT2D eigenvalue weighted by atomic mass is 10.2. The Balaban J connectivity index is 2.88. The van der Waals surface area contributed by atoms with Gasteiger partial charge in [-0.25, -0.2) is 4.39 Å². The minimum Gasteiger partial charge on any atom is -0.399 e. The molecule has 62 valence electrons. The minimum atomic E-state index is -0.276. The first-order valence-electron chi connectivity index (χ1n) is 3.34. The minimum absolute atomic E-state index is 0.276. The number of nitrogens with two attached hydrogens (primary N) is 1. The maximum absolute atomic E-state index is 13.2. The highest BCUT2D eigenvalue weighted by Gasteiger charge is 2.05. The molecule has 2 rings (SSSR count). The van der Waals surface area contributed by atoms with Crippen LogP contribution in [0.2, 0.25) is 0 Å². The quantitative estimate of drug-likeness (QED) is 0.495. The summed E-state index contributed by atoms with van der Waals surface area (Å²) in [4.78, 5) is 0. The molecule has 0 atom stereocenters. The van der Waals surface area contributed by atoms with Crippen molar-refractivity contribution in [1.29, 1.82) is 0 Å². The second-order valence-electron chi connectivity index (χ2n) is 2.50. The zero-order valence-corrected chi connectivity index (χ0v) is 7.75. The fourth-order valence-electron chi connectivity index (χ4n) is 1.10. The first-order valence-corrected chi connectivity index (χ1v) is 4.61.